The highest BCUT2D eigenvalue weighted by Gasteiger charge is 2.22. The van der Waals surface area contributed by atoms with Gasteiger partial charge in [-0.1, -0.05) is 29.8 Å². The second-order valence-electron chi connectivity index (χ2n) is 6.38. The van der Waals surface area contributed by atoms with E-state index in [9.17, 15) is 14.4 Å². The van der Waals surface area contributed by atoms with E-state index in [-0.39, 0.29) is 31.2 Å². The number of nitrogens with one attached hydrogen (secondary N) is 1. The van der Waals surface area contributed by atoms with Crippen molar-refractivity contribution in [2.24, 2.45) is 0 Å². The minimum atomic E-state index is -0.478. The Balaban J connectivity index is 1.86. The third-order valence-corrected chi connectivity index (χ3v) is 5.97. The van der Waals surface area contributed by atoms with Crippen LogP contribution in [0.2, 0.25) is 5.02 Å². The van der Waals surface area contributed by atoms with Gasteiger partial charge in [0, 0.05) is 11.6 Å². The molecule has 3 rings (SSSR count). The van der Waals surface area contributed by atoms with Crippen LogP contribution in [0.5, 0.6) is 0 Å². The lowest BCUT2D eigenvalue weighted by molar-refractivity contribution is -0.121. The van der Waals surface area contributed by atoms with Crippen molar-refractivity contribution in [2.75, 3.05) is 6.61 Å². The number of hydrogen-bond donors (Lipinski definition) is 1. The summed E-state index contributed by atoms with van der Waals surface area (Å²) in [6, 6.07) is 7.21. The molecule has 152 valence electrons. The van der Waals surface area contributed by atoms with Gasteiger partial charge in [-0.2, -0.15) is 0 Å². The number of benzene rings is 1. The molecule has 29 heavy (non-hydrogen) atoms. The van der Waals surface area contributed by atoms with Crippen molar-refractivity contribution in [3.05, 3.63) is 61.5 Å². The molecule has 3 aromatic rings. The predicted octanol–water partition coefficient (Wildman–Crippen LogP) is 3.22. The van der Waals surface area contributed by atoms with Gasteiger partial charge >= 0.3 is 5.97 Å². The Bertz CT molecular complexity index is 1150. The first kappa shape index (κ1) is 21.0. The van der Waals surface area contributed by atoms with Crippen LogP contribution in [0, 0.1) is 13.8 Å². The number of carbonyl (C=O) groups excluding carboxylic acids is 2. The van der Waals surface area contributed by atoms with E-state index in [4.69, 9.17) is 16.3 Å². The molecule has 0 aliphatic rings. The number of carbonyl (C=O) groups is 2. The molecule has 2 heterocycles. The Morgan fingerprint density at radius 1 is 1.28 bits per heavy atom. The molecule has 1 amide bonds. The molecule has 0 aliphatic carbocycles. The monoisotopic (exact) mass is 433 g/mol. The fraction of sp³-hybridized carbons (Fsp3) is 0.300. The van der Waals surface area contributed by atoms with E-state index in [2.05, 4.69) is 10.3 Å². The van der Waals surface area contributed by atoms with E-state index in [1.807, 2.05) is 18.2 Å². The number of fused-ring (bicyclic) bond motifs is 1. The number of rotatable bonds is 6. The molecule has 1 aromatic carbocycles. The molecule has 7 nitrogen and oxygen atoms in total. The molecular formula is C20H20ClN3O4S. The van der Waals surface area contributed by atoms with Crippen molar-refractivity contribution in [1.82, 2.24) is 14.9 Å². The molecule has 0 atom stereocenters. The van der Waals surface area contributed by atoms with Gasteiger partial charge in [-0.25, -0.2) is 9.78 Å². The van der Waals surface area contributed by atoms with Gasteiger partial charge < -0.3 is 10.1 Å². The maximum absolute atomic E-state index is 13.0. The van der Waals surface area contributed by atoms with Crippen LogP contribution >= 0.6 is 22.9 Å². The molecule has 0 radical (unpaired) electrons. The van der Waals surface area contributed by atoms with E-state index < -0.39 is 5.97 Å². The van der Waals surface area contributed by atoms with Crippen molar-refractivity contribution in [3.8, 4) is 0 Å². The summed E-state index contributed by atoms with van der Waals surface area (Å²) in [6.07, 6.45) is 0. The zero-order valence-electron chi connectivity index (χ0n) is 16.2. The molecule has 0 aliphatic heterocycles. The summed E-state index contributed by atoms with van der Waals surface area (Å²) in [5.74, 6) is -0.420. The molecule has 0 spiro atoms. The van der Waals surface area contributed by atoms with Crippen LogP contribution < -0.4 is 10.9 Å². The van der Waals surface area contributed by atoms with Crippen LogP contribution in [-0.2, 0) is 22.6 Å². The van der Waals surface area contributed by atoms with Crippen LogP contribution in [0.25, 0.3) is 10.2 Å². The van der Waals surface area contributed by atoms with Crippen molar-refractivity contribution in [2.45, 2.75) is 33.9 Å². The largest absolute Gasteiger partial charge is 0.462 e. The summed E-state index contributed by atoms with van der Waals surface area (Å²) in [6.45, 7) is 5.38. The van der Waals surface area contributed by atoms with Crippen molar-refractivity contribution < 1.29 is 14.3 Å². The molecule has 0 fully saturated rings. The van der Waals surface area contributed by atoms with Gasteiger partial charge in [-0.15, -0.1) is 11.3 Å². The fourth-order valence-electron chi connectivity index (χ4n) is 2.93. The van der Waals surface area contributed by atoms with Gasteiger partial charge in [0.1, 0.15) is 22.1 Å². The minimum absolute atomic E-state index is 0.178. The Labute approximate surface area is 176 Å². The van der Waals surface area contributed by atoms with Gasteiger partial charge in [-0.3, -0.25) is 14.2 Å². The highest BCUT2D eigenvalue weighted by molar-refractivity contribution is 7.20. The molecular weight excluding hydrogens is 414 g/mol. The number of thiophene rings is 1. The first-order valence-corrected chi connectivity index (χ1v) is 10.2. The molecule has 2 aromatic heterocycles. The van der Waals surface area contributed by atoms with Gasteiger partial charge in [0.25, 0.3) is 5.56 Å². The van der Waals surface area contributed by atoms with Crippen LogP contribution in [-0.4, -0.2) is 28.0 Å². The van der Waals surface area contributed by atoms with Gasteiger partial charge in [0.15, 0.2) is 0 Å². The SMILES string of the molecule is CCOC(=O)c1sc2nc(C)n(CC(=O)NCc3ccccc3Cl)c(=O)c2c1C. The summed E-state index contributed by atoms with van der Waals surface area (Å²) in [7, 11) is 0. The summed E-state index contributed by atoms with van der Waals surface area (Å²) < 4.78 is 6.35. The lowest BCUT2D eigenvalue weighted by atomic mass is 10.2. The Kier molecular flexibility index (Phi) is 6.34. The van der Waals surface area contributed by atoms with Crippen molar-refractivity contribution >= 4 is 45.0 Å². The zero-order chi connectivity index (χ0) is 21.1. The predicted molar refractivity (Wildman–Crippen MR) is 113 cm³/mol. The van der Waals surface area contributed by atoms with Crippen molar-refractivity contribution in [1.29, 1.82) is 0 Å². The molecule has 0 unspecified atom stereocenters. The lowest BCUT2D eigenvalue weighted by Crippen LogP contribution is -2.33. The van der Waals surface area contributed by atoms with E-state index in [1.165, 1.54) is 4.57 Å². The number of esters is 1. The zero-order valence-corrected chi connectivity index (χ0v) is 17.8. The van der Waals surface area contributed by atoms with Crippen LogP contribution in [0.1, 0.15) is 33.5 Å². The number of nitrogens with zero attached hydrogens (tertiary/aromatic N) is 2. The van der Waals surface area contributed by atoms with E-state index in [0.29, 0.717) is 31.5 Å². The van der Waals surface area contributed by atoms with Gasteiger partial charge in [0.05, 0.1) is 12.0 Å². The molecule has 0 bridgehead atoms. The number of aromatic nitrogens is 2. The molecule has 1 N–H and O–H groups in total. The second-order valence-corrected chi connectivity index (χ2v) is 7.78. The third-order valence-electron chi connectivity index (χ3n) is 4.44. The van der Waals surface area contributed by atoms with Crippen molar-refractivity contribution in [3.63, 3.8) is 0 Å². The van der Waals surface area contributed by atoms with E-state index in [0.717, 1.165) is 16.9 Å². The Morgan fingerprint density at radius 2 is 2.00 bits per heavy atom. The van der Waals surface area contributed by atoms with Gasteiger partial charge in [0.2, 0.25) is 5.91 Å². The topological polar surface area (TPSA) is 90.3 Å². The first-order valence-electron chi connectivity index (χ1n) is 9.01. The van der Waals surface area contributed by atoms with E-state index >= 15 is 0 Å². The van der Waals surface area contributed by atoms with Crippen LogP contribution in [0.4, 0.5) is 0 Å². The summed E-state index contributed by atoms with van der Waals surface area (Å²) >= 11 is 7.22. The average molecular weight is 434 g/mol. The summed E-state index contributed by atoms with van der Waals surface area (Å²) in [4.78, 5) is 42.8. The quantitative estimate of drug-likeness (QED) is 0.603. The van der Waals surface area contributed by atoms with Crippen LogP contribution in [0.15, 0.2) is 29.1 Å². The van der Waals surface area contributed by atoms with E-state index in [1.54, 1.807) is 26.8 Å². The lowest BCUT2D eigenvalue weighted by Gasteiger charge is -2.11. The number of amides is 1. The molecule has 0 saturated heterocycles. The van der Waals surface area contributed by atoms with Gasteiger partial charge in [-0.05, 0) is 38.0 Å². The average Bonchev–Trinajstić information content (AvgIpc) is 3.01. The maximum atomic E-state index is 13.0. The number of hydrogen-bond acceptors (Lipinski definition) is 6. The highest BCUT2D eigenvalue weighted by atomic mass is 35.5. The smallest absolute Gasteiger partial charge is 0.348 e. The molecule has 0 saturated carbocycles. The van der Waals surface area contributed by atoms with Crippen LogP contribution in [0.3, 0.4) is 0 Å². The molecule has 9 heteroatoms. The Hall–Kier alpha value is -2.71. The first-order chi connectivity index (χ1) is 13.8. The summed E-state index contributed by atoms with van der Waals surface area (Å²) in [5, 5.41) is 3.66. The Morgan fingerprint density at radius 3 is 2.69 bits per heavy atom. The summed E-state index contributed by atoms with van der Waals surface area (Å²) in [5.41, 5.74) is 0.948. The fourth-order valence-corrected chi connectivity index (χ4v) is 4.24. The number of ether oxygens (including phenoxy) is 1. The maximum Gasteiger partial charge on any atom is 0.348 e. The normalized spacial score (nSPS) is 10.9. The second kappa shape index (κ2) is 8.75. The number of halogens is 1. The third kappa shape index (κ3) is 4.33. The number of aryl methyl sites for hydroxylation is 2. The highest BCUT2D eigenvalue weighted by Crippen LogP contribution is 2.28. The standard InChI is InChI=1S/C20H20ClN3O4S/c1-4-28-20(27)17-11(2)16-18(29-17)23-12(3)24(19(16)26)10-15(25)22-9-13-7-5-6-8-14(13)21/h5-8H,4,9-10H2,1-3H3,(H,22,25). The minimum Gasteiger partial charge on any atom is -0.462 e.